The first kappa shape index (κ1) is 34.8. The van der Waals surface area contributed by atoms with Crippen LogP contribution < -0.4 is 5.32 Å². The predicted octanol–water partition coefficient (Wildman–Crippen LogP) is 2.49. The highest BCUT2D eigenvalue weighted by Gasteiger charge is 2.53. The van der Waals surface area contributed by atoms with Gasteiger partial charge in [0.25, 0.3) is 0 Å². The molecule has 0 aromatic carbocycles. The molecular weight excluding hydrogens is 510 g/mol. The Labute approximate surface area is 242 Å². The van der Waals surface area contributed by atoms with Gasteiger partial charge < -0.3 is 34.8 Å². The summed E-state index contributed by atoms with van der Waals surface area (Å²) in [6.07, 6.45) is -0.245. The molecule has 40 heavy (non-hydrogen) atoms. The normalized spacial score (nSPS) is 40.5. The molecular formula is C31H57N3O6. The Bertz CT molecular complexity index is 879. The minimum atomic E-state index is -1.71. The Morgan fingerprint density at radius 2 is 1.85 bits per heavy atom. The number of fused-ring (bicyclic) bond motifs is 2. The molecule has 0 spiro atoms. The first-order valence-electron chi connectivity index (χ1n) is 15.0. The van der Waals surface area contributed by atoms with Crippen LogP contribution in [0.15, 0.2) is 12.2 Å². The van der Waals surface area contributed by atoms with Gasteiger partial charge in [-0.1, -0.05) is 26.0 Å². The minimum absolute atomic E-state index is 0.112. The van der Waals surface area contributed by atoms with Crippen molar-refractivity contribution in [3.63, 3.8) is 0 Å². The molecule has 2 saturated heterocycles. The van der Waals surface area contributed by atoms with Crippen molar-refractivity contribution in [2.75, 3.05) is 47.3 Å². The van der Waals surface area contributed by atoms with Crippen LogP contribution >= 0.6 is 0 Å². The number of hydrogen-bond acceptors (Lipinski definition) is 9. The number of nitrogens with one attached hydrogen (secondary N) is 1. The Hall–Kier alpha value is -1.36. The van der Waals surface area contributed by atoms with Gasteiger partial charge in [-0.05, 0) is 88.1 Å². The fraction of sp³-hybridized carbons (Fsp3) is 0.871. The van der Waals surface area contributed by atoms with Crippen molar-refractivity contribution < 1.29 is 29.3 Å². The summed E-state index contributed by atoms with van der Waals surface area (Å²) in [6, 6.07) is -0.427. The van der Waals surface area contributed by atoms with Crippen molar-refractivity contribution in [1.82, 2.24) is 15.1 Å². The van der Waals surface area contributed by atoms with Gasteiger partial charge in [0, 0.05) is 36.9 Å². The lowest BCUT2D eigenvalue weighted by atomic mass is 9.70. The monoisotopic (exact) mass is 567 g/mol. The SMILES string of the molecule is C=C(C)[C@@H]1[C@@H](C)C(=O)[C@@H](C)C(=O)O[C@H](CC)[C@@](C)(O)[C@H](O)[C@@H](C)N(C)C[C@H]2C[C@@]1(C)OC2CNCCCN(C)C. The van der Waals surface area contributed by atoms with E-state index in [0.717, 1.165) is 25.1 Å². The first-order chi connectivity index (χ1) is 18.5. The number of esters is 1. The minimum Gasteiger partial charge on any atom is -0.459 e. The van der Waals surface area contributed by atoms with Crippen LogP contribution in [0.4, 0.5) is 0 Å². The fourth-order valence-corrected chi connectivity index (χ4v) is 6.96. The van der Waals surface area contributed by atoms with Crippen molar-refractivity contribution in [2.45, 2.75) is 103 Å². The molecule has 10 atom stereocenters. The molecule has 2 bridgehead atoms. The lowest BCUT2D eigenvalue weighted by Gasteiger charge is -2.42. The van der Waals surface area contributed by atoms with Gasteiger partial charge in [0.2, 0.25) is 0 Å². The molecule has 232 valence electrons. The number of likely N-dealkylation sites (N-methyl/N-ethyl adjacent to an activating group) is 1. The topological polar surface area (TPSA) is 112 Å². The molecule has 1 unspecified atom stereocenters. The number of ketones is 1. The summed E-state index contributed by atoms with van der Waals surface area (Å²) in [4.78, 5) is 31.1. The van der Waals surface area contributed by atoms with Crippen molar-refractivity contribution in [1.29, 1.82) is 0 Å². The number of aliphatic hydroxyl groups is 2. The predicted molar refractivity (Wildman–Crippen MR) is 158 cm³/mol. The van der Waals surface area contributed by atoms with Gasteiger partial charge >= 0.3 is 5.97 Å². The number of cyclic esters (lactones) is 1. The van der Waals surface area contributed by atoms with E-state index in [0.29, 0.717) is 25.9 Å². The summed E-state index contributed by atoms with van der Waals surface area (Å²) >= 11 is 0. The van der Waals surface area contributed by atoms with Crippen LogP contribution in [0.1, 0.15) is 67.7 Å². The van der Waals surface area contributed by atoms with Crippen molar-refractivity contribution in [2.24, 2.45) is 23.7 Å². The number of carbonyl (C=O) groups excluding carboxylic acids is 2. The molecule has 2 heterocycles. The third-order valence-corrected chi connectivity index (χ3v) is 9.39. The van der Waals surface area contributed by atoms with Gasteiger partial charge in [0.1, 0.15) is 29.5 Å². The maximum absolute atomic E-state index is 13.7. The van der Waals surface area contributed by atoms with Crippen LogP contribution in [0, 0.1) is 23.7 Å². The molecule has 0 aromatic heterocycles. The number of rotatable bonds is 8. The second-order valence-corrected chi connectivity index (χ2v) is 13.2. The van der Waals surface area contributed by atoms with E-state index in [-0.39, 0.29) is 23.7 Å². The largest absolute Gasteiger partial charge is 0.459 e. The number of nitrogens with zero attached hydrogens (tertiary/aromatic N) is 2. The maximum atomic E-state index is 13.7. The zero-order chi connectivity index (χ0) is 30.6. The van der Waals surface area contributed by atoms with Crippen molar-refractivity contribution in [3.8, 4) is 0 Å². The summed E-state index contributed by atoms with van der Waals surface area (Å²) in [5.74, 6) is -2.66. The second kappa shape index (κ2) is 14.2. The van der Waals surface area contributed by atoms with E-state index < -0.39 is 47.3 Å². The van der Waals surface area contributed by atoms with Crippen LogP contribution in [0.25, 0.3) is 0 Å². The van der Waals surface area contributed by atoms with Crippen LogP contribution in [-0.4, -0.2) is 115 Å². The molecule has 0 amide bonds. The van der Waals surface area contributed by atoms with Gasteiger partial charge in [-0.15, -0.1) is 0 Å². The fourth-order valence-electron chi connectivity index (χ4n) is 6.96. The molecule has 2 aliphatic heterocycles. The van der Waals surface area contributed by atoms with Gasteiger partial charge in [0.15, 0.2) is 0 Å². The van der Waals surface area contributed by atoms with Gasteiger partial charge in [-0.2, -0.15) is 0 Å². The molecule has 0 aromatic rings. The Kier molecular flexibility index (Phi) is 12.4. The third kappa shape index (κ3) is 7.92. The lowest BCUT2D eigenvalue weighted by molar-refractivity contribution is -0.190. The van der Waals surface area contributed by atoms with E-state index in [2.05, 4.69) is 42.7 Å². The maximum Gasteiger partial charge on any atom is 0.316 e. The zero-order valence-electron chi connectivity index (χ0n) is 26.7. The third-order valence-electron chi connectivity index (χ3n) is 9.39. The molecule has 0 saturated carbocycles. The quantitative estimate of drug-likeness (QED) is 0.176. The summed E-state index contributed by atoms with van der Waals surface area (Å²) < 4.78 is 12.5. The van der Waals surface area contributed by atoms with Crippen LogP contribution in [0.2, 0.25) is 0 Å². The van der Waals surface area contributed by atoms with E-state index in [4.69, 9.17) is 9.47 Å². The summed E-state index contributed by atoms with van der Waals surface area (Å²) in [6.45, 7) is 20.0. The Balaban J connectivity index is 2.49. The van der Waals surface area contributed by atoms with E-state index in [1.54, 1.807) is 13.8 Å². The number of hydrogen-bond donors (Lipinski definition) is 3. The van der Waals surface area contributed by atoms with Crippen LogP contribution in [0.5, 0.6) is 0 Å². The van der Waals surface area contributed by atoms with Gasteiger partial charge in [-0.3, -0.25) is 9.59 Å². The number of ether oxygens (including phenoxy) is 2. The van der Waals surface area contributed by atoms with E-state index in [1.807, 2.05) is 27.8 Å². The Morgan fingerprint density at radius 3 is 2.40 bits per heavy atom. The van der Waals surface area contributed by atoms with Crippen molar-refractivity contribution >= 4 is 11.8 Å². The van der Waals surface area contributed by atoms with Crippen molar-refractivity contribution in [3.05, 3.63) is 12.2 Å². The van der Waals surface area contributed by atoms with E-state index >= 15 is 0 Å². The van der Waals surface area contributed by atoms with Gasteiger partial charge in [0.05, 0.1) is 11.7 Å². The molecule has 2 fully saturated rings. The number of aliphatic hydroxyl groups excluding tert-OH is 1. The van der Waals surface area contributed by atoms with Crippen LogP contribution in [0.3, 0.4) is 0 Å². The average molecular weight is 568 g/mol. The number of Topliss-reactive ketones (excluding diaryl/α,β-unsaturated/α-hetero) is 1. The summed E-state index contributed by atoms with van der Waals surface area (Å²) in [7, 11) is 6.07. The smallest absolute Gasteiger partial charge is 0.316 e. The first-order valence-corrected chi connectivity index (χ1v) is 15.0. The van der Waals surface area contributed by atoms with Crippen LogP contribution in [-0.2, 0) is 19.1 Å². The number of carbonyl (C=O) groups is 2. The molecule has 3 N–H and O–H groups in total. The molecule has 2 aliphatic rings. The van der Waals surface area contributed by atoms with E-state index in [9.17, 15) is 19.8 Å². The standard InChI is InChI=1S/C31H57N3O6/c1-12-25-31(8,38)28(36)22(6)34(11)18-23-16-30(7,40-24(23)17-32-14-13-15-33(9)10)26(19(2)3)20(4)27(35)21(5)29(37)39-25/h20-26,28,32,36,38H,2,12-18H2,1,3-11H3/t20-,21-,22-,23-,24?,25-,26-,28-,30-,31-/m1/s1. The molecule has 0 aliphatic carbocycles. The summed E-state index contributed by atoms with van der Waals surface area (Å²) in [5, 5.41) is 26.3. The van der Waals surface area contributed by atoms with Gasteiger partial charge in [-0.25, -0.2) is 0 Å². The molecule has 9 heteroatoms. The molecule has 9 nitrogen and oxygen atoms in total. The lowest BCUT2D eigenvalue weighted by Crippen LogP contribution is -2.59. The highest BCUT2D eigenvalue weighted by molar-refractivity contribution is 6.00. The Morgan fingerprint density at radius 1 is 1.23 bits per heavy atom. The molecule has 2 rings (SSSR count). The highest BCUT2D eigenvalue weighted by atomic mass is 16.6. The molecule has 0 radical (unpaired) electrons. The highest BCUT2D eigenvalue weighted by Crippen LogP contribution is 2.46. The van der Waals surface area contributed by atoms with E-state index in [1.165, 1.54) is 6.92 Å². The second-order valence-electron chi connectivity index (χ2n) is 13.2. The summed E-state index contributed by atoms with van der Waals surface area (Å²) in [5.41, 5.74) is -1.52. The zero-order valence-corrected chi connectivity index (χ0v) is 26.7. The average Bonchev–Trinajstić information content (AvgIpc) is 3.18.